The summed E-state index contributed by atoms with van der Waals surface area (Å²) in [7, 11) is 1.08. The summed E-state index contributed by atoms with van der Waals surface area (Å²) in [5, 5.41) is 0. The number of aryl methyl sites for hydroxylation is 1. The molecule has 2 rings (SSSR count). The van der Waals surface area contributed by atoms with E-state index >= 15 is 0 Å². The third kappa shape index (κ3) is 3.28. The van der Waals surface area contributed by atoms with Crippen LogP contribution in [0.1, 0.15) is 16.9 Å². The molecule has 1 amide bonds. The van der Waals surface area contributed by atoms with Gasteiger partial charge in [0.15, 0.2) is 0 Å². The first-order valence-electron chi connectivity index (χ1n) is 6.80. The molecule has 1 aromatic rings. The molecule has 2 heterocycles. The van der Waals surface area contributed by atoms with E-state index in [0.717, 1.165) is 10.7 Å². The van der Waals surface area contributed by atoms with E-state index in [2.05, 4.69) is 0 Å². The maximum atomic E-state index is 12.5. The van der Waals surface area contributed by atoms with E-state index in [0.29, 0.717) is 32.0 Å². The first-order chi connectivity index (χ1) is 9.84. The molecule has 0 spiro atoms. The average Bonchev–Trinajstić information content (AvgIpc) is 2.65. The van der Waals surface area contributed by atoms with Crippen LogP contribution in [0.3, 0.4) is 0 Å². The molecule has 1 saturated heterocycles. The van der Waals surface area contributed by atoms with Gasteiger partial charge in [-0.15, -0.1) is 0 Å². The summed E-state index contributed by atoms with van der Waals surface area (Å²) in [6, 6.07) is 1.43. The number of carbonyl (C=O) groups is 1. The summed E-state index contributed by atoms with van der Waals surface area (Å²) in [6.07, 6.45) is 2.26. The van der Waals surface area contributed by atoms with Gasteiger partial charge in [-0.05, 0) is 12.5 Å². The molecule has 8 heteroatoms. The largest absolute Gasteiger partial charge is 0.380 e. The van der Waals surface area contributed by atoms with E-state index in [-0.39, 0.29) is 10.8 Å². The maximum Gasteiger partial charge on any atom is 0.270 e. The van der Waals surface area contributed by atoms with E-state index in [1.54, 1.807) is 16.5 Å². The molecule has 1 fully saturated rings. The van der Waals surface area contributed by atoms with Gasteiger partial charge in [-0.1, -0.05) is 0 Å². The van der Waals surface area contributed by atoms with E-state index in [4.69, 9.17) is 4.74 Å². The van der Waals surface area contributed by atoms with Crippen LogP contribution in [0.25, 0.3) is 0 Å². The fourth-order valence-electron chi connectivity index (χ4n) is 2.21. The number of nitrogens with zero attached hydrogens (tertiary/aromatic N) is 3. The van der Waals surface area contributed by atoms with Crippen molar-refractivity contribution in [3.8, 4) is 0 Å². The second-order valence-electron chi connectivity index (χ2n) is 5.22. The molecule has 0 bridgehead atoms. The lowest BCUT2D eigenvalue weighted by molar-refractivity contribution is 0.0732. The second-order valence-corrected chi connectivity index (χ2v) is 7.37. The molecule has 118 valence electrons. The molecule has 0 aromatic carbocycles. The van der Waals surface area contributed by atoms with Crippen LogP contribution in [-0.4, -0.2) is 68.5 Å². The van der Waals surface area contributed by atoms with Crippen molar-refractivity contribution in [2.45, 2.75) is 11.3 Å². The molecule has 1 aliphatic rings. The Hall–Kier alpha value is -1.38. The highest BCUT2D eigenvalue weighted by atomic mass is 32.2. The molecule has 0 unspecified atom stereocenters. The van der Waals surface area contributed by atoms with Crippen LogP contribution in [0.15, 0.2) is 17.2 Å². The van der Waals surface area contributed by atoms with Crippen molar-refractivity contribution in [1.29, 1.82) is 0 Å². The van der Waals surface area contributed by atoms with Crippen LogP contribution in [0.2, 0.25) is 0 Å². The van der Waals surface area contributed by atoms with Crippen molar-refractivity contribution in [3.63, 3.8) is 0 Å². The van der Waals surface area contributed by atoms with E-state index in [1.807, 2.05) is 0 Å². The van der Waals surface area contributed by atoms with Gasteiger partial charge in [0, 0.05) is 47.0 Å². The molecule has 7 nitrogen and oxygen atoms in total. The summed E-state index contributed by atoms with van der Waals surface area (Å²) >= 11 is 0. The Balaban J connectivity index is 2.28. The van der Waals surface area contributed by atoms with Crippen LogP contribution in [-0.2, 0) is 21.8 Å². The number of carbonyl (C=O) groups excluding carboxylic acids is 1. The lowest BCUT2D eigenvalue weighted by Gasteiger charge is -2.19. The van der Waals surface area contributed by atoms with Gasteiger partial charge in [0.1, 0.15) is 10.6 Å². The van der Waals surface area contributed by atoms with Crippen molar-refractivity contribution in [2.75, 3.05) is 40.4 Å². The Morgan fingerprint density at radius 3 is 2.67 bits per heavy atom. The van der Waals surface area contributed by atoms with Crippen LogP contribution in [0, 0.1) is 0 Å². The summed E-state index contributed by atoms with van der Waals surface area (Å²) in [6.45, 7) is 2.32. The lowest BCUT2D eigenvalue weighted by Crippen LogP contribution is -2.34. The molecule has 0 radical (unpaired) electrons. The monoisotopic (exact) mass is 315 g/mol. The van der Waals surface area contributed by atoms with E-state index < -0.39 is 10.0 Å². The summed E-state index contributed by atoms with van der Waals surface area (Å²) in [4.78, 5) is 14.4. The quantitative estimate of drug-likeness (QED) is 0.795. The topological polar surface area (TPSA) is 71.8 Å². The van der Waals surface area contributed by atoms with Gasteiger partial charge in [0.05, 0.1) is 6.61 Å². The number of aromatic nitrogens is 1. The maximum absolute atomic E-state index is 12.5. The predicted molar refractivity (Wildman–Crippen MR) is 77.6 cm³/mol. The summed E-state index contributed by atoms with van der Waals surface area (Å²) in [5.41, 5.74) is 0.373. The first-order valence-corrected chi connectivity index (χ1v) is 8.24. The number of rotatable bonds is 3. The fraction of sp³-hybridized carbons (Fsp3) is 0.615. The van der Waals surface area contributed by atoms with Gasteiger partial charge in [-0.2, -0.15) is 0 Å². The van der Waals surface area contributed by atoms with Crippen molar-refractivity contribution in [2.24, 2.45) is 7.05 Å². The third-order valence-corrected chi connectivity index (χ3v) is 5.27. The minimum Gasteiger partial charge on any atom is -0.380 e. The molecule has 1 aromatic heterocycles. The molecule has 0 aliphatic carbocycles. The number of ether oxygens (including phenoxy) is 1. The first kappa shape index (κ1) is 16.0. The zero-order valence-electron chi connectivity index (χ0n) is 12.6. The molecular weight excluding hydrogens is 294 g/mol. The Bertz CT molecular complexity index is 613. The smallest absolute Gasteiger partial charge is 0.270 e. The van der Waals surface area contributed by atoms with Crippen LogP contribution >= 0.6 is 0 Å². The molecule has 0 atom stereocenters. The van der Waals surface area contributed by atoms with Gasteiger partial charge in [-0.25, -0.2) is 12.7 Å². The van der Waals surface area contributed by atoms with Crippen molar-refractivity contribution in [3.05, 3.63) is 18.0 Å². The molecule has 0 N–H and O–H groups in total. The van der Waals surface area contributed by atoms with Gasteiger partial charge in [0.25, 0.3) is 5.91 Å². The highest BCUT2D eigenvalue weighted by molar-refractivity contribution is 7.89. The highest BCUT2D eigenvalue weighted by Crippen LogP contribution is 2.18. The number of sulfonamides is 1. The Morgan fingerprint density at radius 1 is 1.29 bits per heavy atom. The normalized spacial score (nSPS) is 17.0. The summed E-state index contributed by atoms with van der Waals surface area (Å²) in [5.74, 6) is -0.164. The zero-order chi connectivity index (χ0) is 15.6. The van der Waals surface area contributed by atoms with E-state index in [9.17, 15) is 13.2 Å². The van der Waals surface area contributed by atoms with Crippen LogP contribution < -0.4 is 0 Å². The SMILES string of the molecule is CN(C)S(=O)(=O)c1cc(C(=O)N2CCCOCC2)n(C)c1. The minimum atomic E-state index is -3.53. The minimum absolute atomic E-state index is 0.129. The molecular formula is C13H21N3O4S. The Labute approximate surface area is 125 Å². The zero-order valence-corrected chi connectivity index (χ0v) is 13.4. The van der Waals surface area contributed by atoms with Crippen molar-refractivity contribution in [1.82, 2.24) is 13.8 Å². The highest BCUT2D eigenvalue weighted by Gasteiger charge is 2.25. The van der Waals surface area contributed by atoms with Gasteiger partial charge < -0.3 is 14.2 Å². The number of hydrogen-bond acceptors (Lipinski definition) is 4. The lowest BCUT2D eigenvalue weighted by atomic mass is 10.3. The third-order valence-electron chi connectivity index (χ3n) is 3.49. The standard InChI is InChI=1S/C13H21N3O4S/c1-14(2)21(18,19)11-9-12(15(3)10-11)13(17)16-5-4-7-20-8-6-16/h9-10H,4-8H2,1-3H3. The molecule has 1 aliphatic heterocycles. The van der Waals surface area contributed by atoms with Crippen molar-refractivity contribution >= 4 is 15.9 Å². The predicted octanol–water partition coefficient (Wildman–Crippen LogP) is 0.138. The Morgan fingerprint density at radius 2 is 2.00 bits per heavy atom. The average molecular weight is 315 g/mol. The van der Waals surface area contributed by atoms with Crippen LogP contribution in [0.5, 0.6) is 0 Å². The number of amides is 1. The Kier molecular flexibility index (Phi) is 4.70. The van der Waals surface area contributed by atoms with Gasteiger partial charge in [-0.3, -0.25) is 4.79 Å². The van der Waals surface area contributed by atoms with Gasteiger partial charge >= 0.3 is 0 Å². The van der Waals surface area contributed by atoms with Crippen molar-refractivity contribution < 1.29 is 17.9 Å². The fourth-order valence-corrected chi connectivity index (χ4v) is 3.18. The molecule has 0 saturated carbocycles. The van der Waals surface area contributed by atoms with Gasteiger partial charge in [0.2, 0.25) is 10.0 Å². The molecule has 21 heavy (non-hydrogen) atoms. The summed E-state index contributed by atoms with van der Waals surface area (Å²) < 4.78 is 32.3. The van der Waals surface area contributed by atoms with Crippen LogP contribution in [0.4, 0.5) is 0 Å². The second kappa shape index (κ2) is 6.17. The van der Waals surface area contributed by atoms with E-state index in [1.165, 1.54) is 26.4 Å². The number of hydrogen-bond donors (Lipinski definition) is 0.